The summed E-state index contributed by atoms with van der Waals surface area (Å²) < 4.78 is 0. The van der Waals surface area contributed by atoms with E-state index in [9.17, 15) is 0 Å². The van der Waals surface area contributed by atoms with Crippen molar-refractivity contribution in [3.05, 3.63) is 38.4 Å². The van der Waals surface area contributed by atoms with Gasteiger partial charge >= 0.3 is 0 Å². The first-order chi connectivity index (χ1) is 5.74. The molecule has 0 aliphatic rings. The summed E-state index contributed by atoms with van der Waals surface area (Å²) in [7, 11) is 0. The normalized spacial score (nSPS) is 9.17. The predicted octanol–water partition coefficient (Wildman–Crippen LogP) is 3.20. The number of aromatic nitrogens is 1. The Bertz CT molecular complexity index is 332. The van der Waals surface area contributed by atoms with Gasteiger partial charge in [-0.1, -0.05) is 28.3 Å². The largest absolute Gasteiger partial charge is 0.239 e. The molecule has 0 N–H and O–H groups in total. The molecule has 0 aliphatic heterocycles. The monoisotopic (exact) mass is 202 g/mol. The van der Waals surface area contributed by atoms with Crippen LogP contribution in [0.25, 0.3) is 10.4 Å². The summed E-state index contributed by atoms with van der Waals surface area (Å²) in [6, 6.07) is 3.18. The Labute approximate surface area is 78.8 Å². The highest BCUT2D eigenvalue weighted by Crippen LogP contribution is 2.17. The third kappa shape index (κ3) is 2.27. The molecule has 0 amide bonds. The van der Waals surface area contributed by atoms with Crippen molar-refractivity contribution in [2.24, 2.45) is 5.11 Å². The molecule has 62 valence electrons. The van der Waals surface area contributed by atoms with Gasteiger partial charge in [-0.2, -0.15) is 0 Å². The molecule has 0 saturated carbocycles. The van der Waals surface area contributed by atoms with E-state index in [1.165, 1.54) is 0 Å². The van der Waals surface area contributed by atoms with E-state index in [0.29, 0.717) is 15.9 Å². The van der Waals surface area contributed by atoms with Gasteiger partial charge in [0.05, 0.1) is 17.3 Å². The van der Waals surface area contributed by atoms with Gasteiger partial charge in [0.2, 0.25) is 0 Å². The van der Waals surface area contributed by atoms with E-state index in [2.05, 4.69) is 15.0 Å². The van der Waals surface area contributed by atoms with Crippen molar-refractivity contribution in [1.82, 2.24) is 4.98 Å². The highest BCUT2D eigenvalue weighted by Gasteiger charge is 2.00. The summed E-state index contributed by atoms with van der Waals surface area (Å²) >= 11 is 11.3. The van der Waals surface area contributed by atoms with Crippen LogP contribution in [-0.2, 0) is 6.54 Å². The Morgan fingerprint density at radius 1 is 1.50 bits per heavy atom. The van der Waals surface area contributed by atoms with Gasteiger partial charge in [0.1, 0.15) is 5.15 Å². The van der Waals surface area contributed by atoms with Crippen LogP contribution in [0, 0.1) is 0 Å². The minimum Gasteiger partial charge on any atom is -0.239 e. The van der Waals surface area contributed by atoms with Crippen molar-refractivity contribution in [1.29, 1.82) is 0 Å². The molecule has 0 saturated heterocycles. The number of pyridine rings is 1. The topological polar surface area (TPSA) is 61.7 Å². The van der Waals surface area contributed by atoms with E-state index in [1.807, 2.05) is 0 Å². The van der Waals surface area contributed by atoms with E-state index in [0.717, 1.165) is 0 Å². The molecule has 0 atom stereocenters. The van der Waals surface area contributed by atoms with Crippen molar-refractivity contribution >= 4 is 23.2 Å². The molecule has 12 heavy (non-hydrogen) atoms. The van der Waals surface area contributed by atoms with Crippen molar-refractivity contribution in [2.75, 3.05) is 0 Å². The minimum atomic E-state index is 0.121. The van der Waals surface area contributed by atoms with E-state index in [1.54, 1.807) is 12.1 Å². The molecule has 0 radical (unpaired) electrons. The average molecular weight is 203 g/mol. The molecular weight excluding hydrogens is 199 g/mol. The Morgan fingerprint density at radius 2 is 2.25 bits per heavy atom. The van der Waals surface area contributed by atoms with Crippen LogP contribution in [0.5, 0.6) is 0 Å². The molecule has 0 bridgehead atoms. The van der Waals surface area contributed by atoms with Gasteiger partial charge < -0.3 is 0 Å². The number of nitrogens with zero attached hydrogens (tertiary/aromatic N) is 4. The molecule has 4 nitrogen and oxygen atoms in total. The van der Waals surface area contributed by atoms with Crippen LogP contribution in [0.3, 0.4) is 0 Å². The second-order valence-electron chi connectivity index (χ2n) is 1.95. The van der Waals surface area contributed by atoms with Gasteiger partial charge in [-0.3, -0.25) is 0 Å². The zero-order valence-corrected chi connectivity index (χ0v) is 7.42. The lowest BCUT2D eigenvalue weighted by atomic mass is 10.3. The lowest BCUT2D eigenvalue weighted by molar-refractivity contribution is 0.976. The van der Waals surface area contributed by atoms with E-state index in [-0.39, 0.29) is 6.54 Å². The van der Waals surface area contributed by atoms with E-state index < -0.39 is 0 Å². The summed E-state index contributed by atoms with van der Waals surface area (Å²) in [5, 5.41) is 4.11. The molecule has 0 fully saturated rings. The highest BCUT2D eigenvalue weighted by atomic mass is 35.5. The lowest BCUT2D eigenvalue weighted by Crippen LogP contribution is -1.88. The van der Waals surface area contributed by atoms with Gasteiger partial charge in [-0.25, -0.2) is 4.98 Å². The van der Waals surface area contributed by atoms with Crippen molar-refractivity contribution in [3.8, 4) is 0 Å². The highest BCUT2D eigenvalue weighted by molar-refractivity contribution is 6.32. The minimum absolute atomic E-state index is 0.121. The van der Waals surface area contributed by atoms with Gasteiger partial charge in [0.15, 0.2) is 0 Å². The van der Waals surface area contributed by atoms with Crippen molar-refractivity contribution < 1.29 is 0 Å². The second kappa shape index (κ2) is 4.16. The lowest BCUT2D eigenvalue weighted by Gasteiger charge is -1.98. The molecule has 0 unspecified atom stereocenters. The Balaban J connectivity index is 2.96. The van der Waals surface area contributed by atoms with E-state index in [4.69, 9.17) is 28.7 Å². The molecule has 0 aliphatic carbocycles. The van der Waals surface area contributed by atoms with Crippen molar-refractivity contribution in [3.63, 3.8) is 0 Å². The van der Waals surface area contributed by atoms with Crippen LogP contribution in [0.15, 0.2) is 17.2 Å². The van der Waals surface area contributed by atoms with Gasteiger partial charge in [-0.05, 0) is 17.7 Å². The summed E-state index contributed by atoms with van der Waals surface area (Å²) in [4.78, 5) is 6.46. The maximum atomic E-state index is 8.04. The van der Waals surface area contributed by atoms with Crippen LogP contribution in [0.4, 0.5) is 0 Å². The fraction of sp³-hybridized carbons (Fsp3) is 0.167. The predicted molar refractivity (Wildman–Crippen MR) is 47.1 cm³/mol. The summed E-state index contributed by atoms with van der Waals surface area (Å²) in [5.74, 6) is 0. The summed E-state index contributed by atoms with van der Waals surface area (Å²) in [6.45, 7) is 0.121. The van der Waals surface area contributed by atoms with E-state index >= 15 is 0 Å². The summed E-state index contributed by atoms with van der Waals surface area (Å²) in [6.07, 6.45) is 0. The summed E-state index contributed by atoms with van der Waals surface area (Å²) in [5.41, 5.74) is 8.53. The zero-order chi connectivity index (χ0) is 8.97. The van der Waals surface area contributed by atoms with Gasteiger partial charge in [0, 0.05) is 4.91 Å². The fourth-order valence-corrected chi connectivity index (χ4v) is 0.997. The van der Waals surface area contributed by atoms with Crippen LogP contribution >= 0.6 is 23.2 Å². The molecule has 1 rings (SSSR count). The maximum Gasteiger partial charge on any atom is 0.129 e. The smallest absolute Gasteiger partial charge is 0.129 e. The Hall–Kier alpha value is -0.960. The Morgan fingerprint density at radius 3 is 2.92 bits per heavy atom. The first-order valence-electron chi connectivity index (χ1n) is 3.06. The molecule has 1 aromatic heterocycles. The number of halogens is 2. The van der Waals surface area contributed by atoms with Crippen molar-refractivity contribution in [2.45, 2.75) is 6.54 Å². The Kier molecular flexibility index (Phi) is 3.17. The second-order valence-corrected chi connectivity index (χ2v) is 2.75. The zero-order valence-electron chi connectivity index (χ0n) is 5.91. The standard InChI is InChI=1S/C6H4Cl2N4/c7-4-1-2-6(8)11-5(4)3-10-12-9/h1-2H,3H2. The molecule has 1 heterocycles. The quantitative estimate of drug-likeness (QED) is 0.315. The average Bonchev–Trinajstić information content (AvgIpc) is 2.07. The molecule has 6 heteroatoms. The SMILES string of the molecule is [N-]=[N+]=NCc1nc(Cl)ccc1Cl. The number of azide groups is 1. The van der Waals surface area contributed by atoms with Crippen LogP contribution in [0.2, 0.25) is 10.2 Å². The first kappa shape index (κ1) is 9.13. The third-order valence-electron chi connectivity index (χ3n) is 1.17. The van der Waals surface area contributed by atoms with Gasteiger partial charge in [-0.15, -0.1) is 0 Å². The maximum absolute atomic E-state index is 8.04. The molecule has 1 aromatic rings. The number of rotatable bonds is 2. The van der Waals surface area contributed by atoms with Crippen LogP contribution in [0.1, 0.15) is 5.69 Å². The molecule has 0 spiro atoms. The van der Waals surface area contributed by atoms with Crippen LogP contribution < -0.4 is 0 Å². The van der Waals surface area contributed by atoms with Gasteiger partial charge in [0.25, 0.3) is 0 Å². The third-order valence-corrected chi connectivity index (χ3v) is 1.72. The van der Waals surface area contributed by atoms with Crippen LogP contribution in [-0.4, -0.2) is 4.98 Å². The number of hydrogen-bond donors (Lipinski definition) is 0. The number of hydrogen-bond acceptors (Lipinski definition) is 2. The molecular formula is C6H4Cl2N4. The fourth-order valence-electron chi connectivity index (χ4n) is 0.667. The molecule has 0 aromatic carbocycles. The first-order valence-corrected chi connectivity index (χ1v) is 3.81.